The normalized spacial score (nSPS) is 10.9. The van der Waals surface area contributed by atoms with E-state index >= 15 is 0 Å². The number of benzene rings is 1. The first-order valence-electron chi connectivity index (χ1n) is 6.25. The average Bonchev–Trinajstić information content (AvgIpc) is 2.63. The number of carbonyl (C=O) groups excluding carboxylic acids is 1. The van der Waals surface area contributed by atoms with Crippen molar-refractivity contribution in [1.82, 2.24) is 9.13 Å². The molecule has 102 valence electrons. The van der Waals surface area contributed by atoms with E-state index in [1.807, 2.05) is 18.2 Å². The molecule has 1 aromatic carbocycles. The highest BCUT2D eigenvalue weighted by molar-refractivity contribution is 5.76. The molecule has 0 radical (unpaired) electrons. The van der Waals surface area contributed by atoms with Crippen molar-refractivity contribution in [2.24, 2.45) is 14.1 Å². The third kappa shape index (κ3) is 2.54. The Labute approximate surface area is 111 Å². The molecule has 0 aliphatic heterocycles. The molecular weight excluding hydrogens is 244 g/mol. The lowest BCUT2D eigenvalue weighted by Gasteiger charge is -2.02. The molecule has 0 N–H and O–H groups in total. The zero-order valence-electron chi connectivity index (χ0n) is 11.5. The number of fused-ring (bicyclic) bond motifs is 1. The Kier molecular flexibility index (Phi) is 3.74. The molecule has 0 saturated carbocycles. The Morgan fingerprint density at radius 1 is 1.21 bits per heavy atom. The van der Waals surface area contributed by atoms with Crippen molar-refractivity contribution >= 4 is 17.0 Å². The van der Waals surface area contributed by atoms with E-state index in [0.29, 0.717) is 6.42 Å². The van der Waals surface area contributed by atoms with Gasteiger partial charge < -0.3 is 4.74 Å². The van der Waals surface area contributed by atoms with Crippen LogP contribution in [-0.4, -0.2) is 22.2 Å². The van der Waals surface area contributed by atoms with Crippen molar-refractivity contribution in [2.75, 3.05) is 7.11 Å². The topological polar surface area (TPSA) is 53.2 Å². The fraction of sp³-hybridized carbons (Fsp3) is 0.429. The van der Waals surface area contributed by atoms with E-state index < -0.39 is 0 Å². The molecule has 0 atom stereocenters. The first-order chi connectivity index (χ1) is 9.04. The summed E-state index contributed by atoms with van der Waals surface area (Å²) in [6.07, 6.45) is 1.97. The third-order valence-corrected chi connectivity index (χ3v) is 3.41. The van der Waals surface area contributed by atoms with Gasteiger partial charge in [0.1, 0.15) is 0 Å². The van der Waals surface area contributed by atoms with Crippen LogP contribution in [0, 0.1) is 0 Å². The van der Waals surface area contributed by atoms with Gasteiger partial charge in [0.05, 0.1) is 18.1 Å². The van der Waals surface area contributed by atoms with E-state index in [0.717, 1.165) is 29.4 Å². The number of rotatable bonds is 4. The number of hydrogen-bond acceptors (Lipinski definition) is 3. The van der Waals surface area contributed by atoms with E-state index in [-0.39, 0.29) is 11.7 Å². The number of nitrogens with zero attached hydrogens (tertiary/aromatic N) is 2. The van der Waals surface area contributed by atoms with E-state index in [4.69, 9.17) is 0 Å². The Balaban J connectivity index is 2.20. The molecule has 0 bridgehead atoms. The predicted octanol–water partition coefficient (Wildman–Crippen LogP) is 1.37. The lowest BCUT2D eigenvalue weighted by molar-refractivity contribution is -0.140. The summed E-state index contributed by atoms with van der Waals surface area (Å²) >= 11 is 0. The molecule has 5 heteroatoms. The summed E-state index contributed by atoms with van der Waals surface area (Å²) < 4.78 is 7.88. The van der Waals surface area contributed by atoms with Crippen LogP contribution in [0.2, 0.25) is 0 Å². The molecule has 2 rings (SSSR count). The van der Waals surface area contributed by atoms with Gasteiger partial charge in [-0.3, -0.25) is 13.9 Å². The number of methoxy groups -OCH3 is 1. The molecule has 1 heterocycles. The Morgan fingerprint density at radius 2 is 1.89 bits per heavy atom. The number of hydrogen-bond donors (Lipinski definition) is 0. The standard InChI is InChI=1S/C14H18N2O3/c1-15-11-8-7-10(5-4-6-13(17)19-3)9-12(11)16(2)14(15)18/h7-9H,4-6H2,1-3H3. The van der Waals surface area contributed by atoms with Crippen LogP contribution in [-0.2, 0) is 30.0 Å². The zero-order valence-corrected chi connectivity index (χ0v) is 11.5. The Morgan fingerprint density at radius 3 is 2.58 bits per heavy atom. The molecule has 0 fully saturated rings. The van der Waals surface area contributed by atoms with Crippen molar-refractivity contribution < 1.29 is 9.53 Å². The highest BCUT2D eigenvalue weighted by atomic mass is 16.5. The Hall–Kier alpha value is -2.04. The molecule has 0 spiro atoms. The van der Waals surface area contributed by atoms with Gasteiger partial charge in [0.25, 0.3) is 0 Å². The maximum atomic E-state index is 11.8. The van der Waals surface area contributed by atoms with Gasteiger partial charge in [-0.15, -0.1) is 0 Å². The Bertz CT molecular complexity index is 667. The SMILES string of the molecule is COC(=O)CCCc1ccc2c(c1)n(C)c(=O)n2C. The molecule has 0 aliphatic rings. The number of aryl methyl sites for hydroxylation is 3. The quantitative estimate of drug-likeness (QED) is 0.782. The van der Waals surface area contributed by atoms with Crippen molar-refractivity contribution in [3.05, 3.63) is 34.2 Å². The van der Waals surface area contributed by atoms with E-state index in [1.54, 1.807) is 23.2 Å². The van der Waals surface area contributed by atoms with E-state index in [2.05, 4.69) is 4.74 Å². The highest BCUT2D eigenvalue weighted by Gasteiger charge is 2.08. The zero-order chi connectivity index (χ0) is 14.0. The van der Waals surface area contributed by atoms with Crippen LogP contribution in [0.4, 0.5) is 0 Å². The lowest BCUT2D eigenvalue weighted by atomic mass is 10.1. The minimum atomic E-state index is -0.187. The molecule has 0 saturated heterocycles. The smallest absolute Gasteiger partial charge is 0.328 e. The third-order valence-electron chi connectivity index (χ3n) is 3.41. The van der Waals surface area contributed by atoms with Crippen molar-refractivity contribution in [3.63, 3.8) is 0 Å². The molecule has 19 heavy (non-hydrogen) atoms. The number of carbonyl (C=O) groups is 1. The second kappa shape index (κ2) is 5.30. The molecule has 0 unspecified atom stereocenters. The molecule has 0 aliphatic carbocycles. The number of imidazole rings is 1. The van der Waals surface area contributed by atoms with E-state index in [9.17, 15) is 9.59 Å². The summed E-state index contributed by atoms with van der Waals surface area (Å²) in [6, 6.07) is 5.96. The van der Waals surface area contributed by atoms with Gasteiger partial charge >= 0.3 is 11.7 Å². The van der Waals surface area contributed by atoms with Crippen molar-refractivity contribution in [3.8, 4) is 0 Å². The second-order valence-corrected chi connectivity index (χ2v) is 4.65. The first kappa shape index (κ1) is 13.4. The van der Waals surface area contributed by atoms with Gasteiger partial charge in [-0.25, -0.2) is 4.79 Å². The summed E-state index contributed by atoms with van der Waals surface area (Å²) in [6.45, 7) is 0. The summed E-state index contributed by atoms with van der Waals surface area (Å²) in [5, 5.41) is 0. The van der Waals surface area contributed by atoms with Crippen LogP contribution in [0.1, 0.15) is 18.4 Å². The molecule has 5 nitrogen and oxygen atoms in total. The predicted molar refractivity (Wildman–Crippen MR) is 73.1 cm³/mol. The number of aromatic nitrogens is 2. The van der Waals surface area contributed by atoms with E-state index in [1.165, 1.54) is 7.11 Å². The van der Waals surface area contributed by atoms with Crippen LogP contribution in [0.3, 0.4) is 0 Å². The van der Waals surface area contributed by atoms with Gasteiger partial charge in [-0.2, -0.15) is 0 Å². The van der Waals surface area contributed by atoms with Gasteiger partial charge in [-0.05, 0) is 30.5 Å². The van der Waals surface area contributed by atoms with Gasteiger partial charge in [0, 0.05) is 20.5 Å². The number of esters is 1. The molecular formula is C14H18N2O3. The van der Waals surface area contributed by atoms with Crippen LogP contribution in [0.15, 0.2) is 23.0 Å². The minimum absolute atomic E-state index is 0.0262. The summed E-state index contributed by atoms with van der Waals surface area (Å²) in [5.41, 5.74) is 2.94. The van der Waals surface area contributed by atoms with Gasteiger partial charge in [-0.1, -0.05) is 6.07 Å². The molecule has 0 amide bonds. The first-order valence-corrected chi connectivity index (χ1v) is 6.25. The number of ether oxygens (including phenoxy) is 1. The summed E-state index contributed by atoms with van der Waals surface area (Å²) in [4.78, 5) is 22.9. The van der Waals surface area contributed by atoms with Crippen LogP contribution in [0.5, 0.6) is 0 Å². The molecule has 2 aromatic rings. The fourth-order valence-electron chi connectivity index (χ4n) is 2.25. The minimum Gasteiger partial charge on any atom is -0.469 e. The largest absolute Gasteiger partial charge is 0.469 e. The highest BCUT2D eigenvalue weighted by Crippen LogP contribution is 2.15. The lowest BCUT2D eigenvalue weighted by Crippen LogP contribution is -2.19. The van der Waals surface area contributed by atoms with Gasteiger partial charge in [0.2, 0.25) is 0 Å². The van der Waals surface area contributed by atoms with Crippen LogP contribution in [0.25, 0.3) is 11.0 Å². The van der Waals surface area contributed by atoms with Gasteiger partial charge in [0.15, 0.2) is 0 Å². The average molecular weight is 262 g/mol. The summed E-state index contributed by atoms with van der Waals surface area (Å²) in [7, 11) is 4.93. The van der Waals surface area contributed by atoms with Crippen molar-refractivity contribution in [2.45, 2.75) is 19.3 Å². The second-order valence-electron chi connectivity index (χ2n) is 4.65. The monoisotopic (exact) mass is 262 g/mol. The maximum absolute atomic E-state index is 11.8. The van der Waals surface area contributed by atoms with Crippen LogP contribution < -0.4 is 5.69 Å². The van der Waals surface area contributed by atoms with Crippen LogP contribution >= 0.6 is 0 Å². The molecule has 1 aromatic heterocycles. The summed E-state index contributed by atoms with van der Waals surface area (Å²) in [5.74, 6) is -0.187. The fourth-order valence-corrected chi connectivity index (χ4v) is 2.25. The van der Waals surface area contributed by atoms with Crippen molar-refractivity contribution in [1.29, 1.82) is 0 Å². The maximum Gasteiger partial charge on any atom is 0.328 e.